The van der Waals surface area contributed by atoms with Crippen molar-refractivity contribution in [3.05, 3.63) is 47.8 Å². The molecule has 6 heteroatoms. The van der Waals surface area contributed by atoms with Crippen LogP contribution < -0.4 is 4.74 Å². The largest absolute Gasteiger partial charge is 0.493 e. The van der Waals surface area contributed by atoms with Gasteiger partial charge in [0.05, 0.1) is 13.2 Å². The summed E-state index contributed by atoms with van der Waals surface area (Å²) in [6.07, 6.45) is 6.25. The van der Waals surface area contributed by atoms with Crippen molar-refractivity contribution in [1.29, 1.82) is 0 Å². The summed E-state index contributed by atoms with van der Waals surface area (Å²) in [4.78, 5) is 13.7. The molecule has 26 heavy (non-hydrogen) atoms. The highest BCUT2D eigenvalue weighted by Gasteiger charge is 2.25. The second-order valence-electron chi connectivity index (χ2n) is 6.65. The first-order valence-corrected chi connectivity index (χ1v) is 9.25. The lowest BCUT2D eigenvalue weighted by molar-refractivity contribution is -0.142. The lowest BCUT2D eigenvalue weighted by Gasteiger charge is -2.25. The maximum absolute atomic E-state index is 11.2. The summed E-state index contributed by atoms with van der Waals surface area (Å²) in [6.45, 7) is 7.11. The van der Waals surface area contributed by atoms with Crippen LogP contribution in [0.15, 0.2) is 36.7 Å². The average molecular weight is 357 g/mol. The van der Waals surface area contributed by atoms with Crippen molar-refractivity contribution in [2.24, 2.45) is 0 Å². The van der Waals surface area contributed by atoms with Crippen molar-refractivity contribution in [2.75, 3.05) is 13.2 Å². The molecule has 3 rings (SSSR count). The summed E-state index contributed by atoms with van der Waals surface area (Å²) < 4.78 is 12.9. The van der Waals surface area contributed by atoms with Crippen LogP contribution in [0.25, 0.3) is 0 Å². The van der Waals surface area contributed by atoms with Gasteiger partial charge in [-0.05, 0) is 50.1 Å². The summed E-state index contributed by atoms with van der Waals surface area (Å²) in [7, 11) is 0. The molecule has 2 heterocycles. The topological polar surface area (TPSA) is 56.6 Å². The molecule has 2 aromatic rings. The van der Waals surface area contributed by atoms with Crippen molar-refractivity contribution in [2.45, 2.75) is 52.4 Å². The Balaban J connectivity index is 1.69. The molecule has 0 spiro atoms. The number of aromatic nitrogens is 2. The lowest BCUT2D eigenvalue weighted by Crippen LogP contribution is -2.32. The number of carbonyl (C=O) groups excluding carboxylic acids is 1. The van der Waals surface area contributed by atoms with Gasteiger partial charge in [0.2, 0.25) is 0 Å². The fraction of sp³-hybridized carbons (Fsp3) is 0.500. The number of nitrogens with zero attached hydrogens (tertiary/aromatic N) is 3. The molecule has 1 fully saturated rings. The zero-order valence-electron chi connectivity index (χ0n) is 15.6. The molecule has 1 atom stereocenters. The number of ether oxygens (including phenoxy) is 2. The first-order valence-electron chi connectivity index (χ1n) is 9.25. The molecule has 0 aliphatic carbocycles. The van der Waals surface area contributed by atoms with Gasteiger partial charge in [-0.1, -0.05) is 6.07 Å². The SMILES string of the molecule is CCOc1ccc(CN2CCC[C@@H]2Cn2cccn2)cc1COC(C)=O. The molecule has 1 aromatic carbocycles. The van der Waals surface area contributed by atoms with Crippen LogP contribution in [-0.2, 0) is 29.2 Å². The van der Waals surface area contributed by atoms with E-state index in [1.54, 1.807) is 0 Å². The van der Waals surface area contributed by atoms with Gasteiger partial charge < -0.3 is 9.47 Å². The molecular formula is C20H27N3O3. The molecule has 0 N–H and O–H groups in total. The van der Waals surface area contributed by atoms with Crippen LogP contribution in [0.2, 0.25) is 0 Å². The van der Waals surface area contributed by atoms with E-state index < -0.39 is 0 Å². The van der Waals surface area contributed by atoms with Gasteiger partial charge in [0.15, 0.2) is 0 Å². The van der Waals surface area contributed by atoms with Crippen LogP contribution in [0.4, 0.5) is 0 Å². The summed E-state index contributed by atoms with van der Waals surface area (Å²) in [6, 6.07) is 8.64. The van der Waals surface area contributed by atoms with E-state index in [-0.39, 0.29) is 12.6 Å². The highest BCUT2D eigenvalue weighted by Crippen LogP contribution is 2.25. The number of likely N-dealkylation sites (tertiary alicyclic amines) is 1. The van der Waals surface area contributed by atoms with Gasteiger partial charge >= 0.3 is 5.97 Å². The van der Waals surface area contributed by atoms with Gasteiger partial charge in [-0.2, -0.15) is 5.10 Å². The smallest absolute Gasteiger partial charge is 0.302 e. The summed E-state index contributed by atoms with van der Waals surface area (Å²) in [5.74, 6) is 0.503. The minimum atomic E-state index is -0.281. The van der Waals surface area contributed by atoms with E-state index in [4.69, 9.17) is 9.47 Å². The average Bonchev–Trinajstić information content (AvgIpc) is 3.28. The standard InChI is InChI=1S/C20H27N3O3/c1-3-25-20-8-7-17(12-18(20)15-26-16(2)24)13-22-10-4-6-19(22)14-23-11-5-9-21-23/h5,7-9,11-12,19H,3-4,6,10,13-15H2,1-2H3/t19-/m1/s1. The van der Waals surface area contributed by atoms with Crippen LogP contribution >= 0.6 is 0 Å². The van der Waals surface area contributed by atoms with E-state index >= 15 is 0 Å². The summed E-state index contributed by atoms with van der Waals surface area (Å²) >= 11 is 0. The number of hydrogen-bond donors (Lipinski definition) is 0. The normalized spacial score (nSPS) is 17.4. The minimum Gasteiger partial charge on any atom is -0.493 e. The Labute approximate surface area is 154 Å². The third-order valence-electron chi connectivity index (χ3n) is 4.70. The Morgan fingerprint density at radius 1 is 1.38 bits per heavy atom. The van der Waals surface area contributed by atoms with Crippen molar-refractivity contribution >= 4 is 5.97 Å². The van der Waals surface area contributed by atoms with Crippen LogP contribution in [-0.4, -0.2) is 39.8 Å². The first kappa shape index (κ1) is 18.5. The maximum Gasteiger partial charge on any atom is 0.302 e. The van der Waals surface area contributed by atoms with Gasteiger partial charge in [-0.3, -0.25) is 14.4 Å². The Kier molecular flexibility index (Phi) is 6.28. The van der Waals surface area contributed by atoms with Crippen molar-refractivity contribution < 1.29 is 14.3 Å². The molecule has 0 amide bonds. The highest BCUT2D eigenvalue weighted by atomic mass is 16.5. The second kappa shape index (κ2) is 8.85. The number of hydrogen-bond acceptors (Lipinski definition) is 5. The molecule has 0 unspecified atom stereocenters. The van der Waals surface area contributed by atoms with Crippen molar-refractivity contribution in [1.82, 2.24) is 14.7 Å². The van der Waals surface area contributed by atoms with Crippen molar-refractivity contribution in [3.63, 3.8) is 0 Å². The van der Waals surface area contributed by atoms with E-state index in [0.717, 1.165) is 30.9 Å². The Hall–Kier alpha value is -2.34. The molecule has 1 saturated heterocycles. The third-order valence-corrected chi connectivity index (χ3v) is 4.70. The number of rotatable bonds is 8. The lowest BCUT2D eigenvalue weighted by atomic mass is 10.1. The molecule has 0 bridgehead atoms. The van der Waals surface area contributed by atoms with Gasteiger partial charge in [0.25, 0.3) is 0 Å². The second-order valence-corrected chi connectivity index (χ2v) is 6.65. The summed E-state index contributed by atoms with van der Waals surface area (Å²) in [5.41, 5.74) is 2.13. The number of carbonyl (C=O) groups is 1. The Morgan fingerprint density at radius 2 is 2.27 bits per heavy atom. The zero-order chi connectivity index (χ0) is 18.4. The van der Waals surface area contributed by atoms with Gasteiger partial charge in [0.1, 0.15) is 12.4 Å². The van der Waals surface area contributed by atoms with Crippen molar-refractivity contribution in [3.8, 4) is 5.75 Å². The fourth-order valence-electron chi connectivity index (χ4n) is 3.49. The number of esters is 1. The van der Waals surface area contributed by atoms with E-state index in [1.165, 1.54) is 25.3 Å². The van der Waals surface area contributed by atoms with Gasteiger partial charge in [-0.15, -0.1) is 0 Å². The van der Waals surface area contributed by atoms with E-state index in [9.17, 15) is 4.79 Å². The van der Waals surface area contributed by atoms with Crippen LogP contribution in [0.1, 0.15) is 37.8 Å². The van der Waals surface area contributed by atoms with Crippen LogP contribution in [0, 0.1) is 0 Å². The van der Waals surface area contributed by atoms with E-state index in [2.05, 4.69) is 22.1 Å². The van der Waals surface area contributed by atoms with E-state index in [0.29, 0.717) is 12.6 Å². The molecular weight excluding hydrogens is 330 g/mol. The quantitative estimate of drug-likeness (QED) is 0.680. The fourth-order valence-corrected chi connectivity index (χ4v) is 3.49. The Bertz CT molecular complexity index is 715. The Morgan fingerprint density at radius 3 is 3.00 bits per heavy atom. The molecule has 6 nitrogen and oxygen atoms in total. The maximum atomic E-state index is 11.2. The van der Waals surface area contributed by atoms with Crippen LogP contribution in [0.3, 0.4) is 0 Å². The monoisotopic (exact) mass is 357 g/mol. The predicted octanol–water partition coefficient (Wildman–Crippen LogP) is 3.01. The minimum absolute atomic E-state index is 0.245. The third kappa shape index (κ3) is 4.85. The molecule has 0 saturated carbocycles. The van der Waals surface area contributed by atoms with Crippen LogP contribution in [0.5, 0.6) is 5.75 Å². The first-order chi connectivity index (χ1) is 12.7. The van der Waals surface area contributed by atoms with Gasteiger partial charge in [0, 0.05) is 37.5 Å². The zero-order valence-corrected chi connectivity index (χ0v) is 15.6. The predicted molar refractivity (Wildman–Crippen MR) is 98.7 cm³/mol. The molecule has 1 aromatic heterocycles. The molecule has 140 valence electrons. The van der Waals surface area contributed by atoms with E-state index in [1.807, 2.05) is 36.1 Å². The molecule has 1 aliphatic rings. The molecule has 1 aliphatic heterocycles. The van der Waals surface area contributed by atoms with Gasteiger partial charge in [-0.25, -0.2) is 0 Å². The highest BCUT2D eigenvalue weighted by molar-refractivity contribution is 5.66. The summed E-state index contributed by atoms with van der Waals surface area (Å²) in [5, 5.41) is 4.33. The molecule has 0 radical (unpaired) electrons. The number of benzene rings is 1.